The van der Waals surface area contributed by atoms with E-state index < -0.39 is 34.9 Å². The van der Waals surface area contributed by atoms with Gasteiger partial charge in [0.15, 0.2) is 5.13 Å². The van der Waals surface area contributed by atoms with Crippen molar-refractivity contribution in [2.24, 2.45) is 5.92 Å². The van der Waals surface area contributed by atoms with Crippen LogP contribution < -0.4 is 5.32 Å². The van der Waals surface area contributed by atoms with Gasteiger partial charge in [-0.1, -0.05) is 31.4 Å². The standard InChI is InChI=1S/C28H27F3N2O4S/c1-16(27(35)36)10-21-22(29)11-19(12-23(21)30)26(34)33-28-32-24(15-38-28)20-9-5-8-18(25(20)31)14-37-13-17-6-3-2-4-7-17/h5,8-12,15,17H,2-4,6-7,13-14H2,1H3,(H,35,36)(H,32,33,34). The van der Waals surface area contributed by atoms with Gasteiger partial charge in [-0.05, 0) is 50.0 Å². The number of anilines is 1. The second-order valence-electron chi connectivity index (χ2n) is 9.28. The largest absolute Gasteiger partial charge is 0.478 e. The normalized spacial score (nSPS) is 14.5. The van der Waals surface area contributed by atoms with E-state index in [4.69, 9.17) is 9.84 Å². The number of aliphatic carboxylic acids is 1. The van der Waals surface area contributed by atoms with Crippen molar-refractivity contribution in [1.82, 2.24) is 4.98 Å². The first-order valence-electron chi connectivity index (χ1n) is 12.3. The molecule has 1 aromatic heterocycles. The zero-order valence-electron chi connectivity index (χ0n) is 20.7. The molecule has 4 rings (SSSR count). The first kappa shape index (κ1) is 27.5. The molecule has 0 saturated heterocycles. The van der Waals surface area contributed by atoms with E-state index in [1.807, 2.05) is 0 Å². The number of hydrogen-bond acceptors (Lipinski definition) is 5. The summed E-state index contributed by atoms with van der Waals surface area (Å²) in [6.45, 7) is 1.96. The van der Waals surface area contributed by atoms with Crippen LogP contribution in [0.25, 0.3) is 17.3 Å². The lowest BCUT2D eigenvalue weighted by molar-refractivity contribution is -0.132. The van der Waals surface area contributed by atoms with E-state index in [1.54, 1.807) is 23.6 Å². The number of ether oxygens (including phenoxy) is 1. The molecule has 0 radical (unpaired) electrons. The summed E-state index contributed by atoms with van der Waals surface area (Å²) in [4.78, 5) is 27.8. The van der Waals surface area contributed by atoms with Gasteiger partial charge in [-0.25, -0.2) is 22.9 Å². The zero-order chi connectivity index (χ0) is 27.2. The highest BCUT2D eigenvalue weighted by Crippen LogP contribution is 2.30. The van der Waals surface area contributed by atoms with Crippen molar-refractivity contribution in [2.45, 2.75) is 45.6 Å². The number of nitrogens with zero attached hydrogens (tertiary/aromatic N) is 1. The first-order valence-corrected chi connectivity index (χ1v) is 13.1. The smallest absolute Gasteiger partial charge is 0.331 e. The molecule has 1 saturated carbocycles. The molecule has 0 bridgehead atoms. The fraction of sp³-hybridized carbons (Fsp3) is 0.321. The predicted octanol–water partition coefficient (Wildman–Crippen LogP) is 7.06. The van der Waals surface area contributed by atoms with Crippen molar-refractivity contribution in [3.05, 3.63) is 75.4 Å². The molecule has 2 aromatic carbocycles. The van der Waals surface area contributed by atoms with Crippen LogP contribution in [0.15, 0.2) is 41.3 Å². The van der Waals surface area contributed by atoms with E-state index in [1.165, 1.54) is 26.2 Å². The van der Waals surface area contributed by atoms with E-state index in [0.29, 0.717) is 23.8 Å². The van der Waals surface area contributed by atoms with E-state index in [9.17, 15) is 18.4 Å². The Bertz CT molecular complexity index is 1340. The van der Waals surface area contributed by atoms with Gasteiger partial charge in [0.1, 0.15) is 17.5 Å². The second kappa shape index (κ2) is 12.4. The molecule has 1 amide bonds. The molecular weight excluding hydrogens is 517 g/mol. The third-order valence-corrected chi connectivity index (χ3v) is 7.21. The van der Waals surface area contributed by atoms with Crippen LogP contribution in [0.2, 0.25) is 0 Å². The number of halogens is 3. The topological polar surface area (TPSA) is 88.5 Å². The van der Waals surface area contributed by atoms with Crippen molar-refractivity contribution in [3.8, 4) is 11.3 Å². The second-order valence-corrected chi connectivity index (χ2v) is 10.1. The number of carboxylic acids is 1. The molecule has 2 N–H and O–H groups in total. The number of hydrogen-bond donors (Lipinski definition) is 2. The van der Waals surface area contributed by atoms with Gasteiger partial charge >= 0.3 is 5.97 Å². The van der Waals surface area contributed by atoms with Gasteiger partial charge in [0.2, 0.25) is 0 Å². The Kier molecular flexibility index (Phi) is 8.96. The highest BCUT2D eigenvalue weighted by Gasteiger charge is 2.19. The summed E-state index contributed by atoms with van der Waals surface area (Å²) in [5.74, 6) is -4.24. The molecule has 1 heterocycles. The van der Waals surface area contributed by atoms with Gasteiger partial charge in [-0.15, -0.1) is 11.3 Å². The average Bonchev–Trinajstić information content (AvgIpc) is 3.35. The monoisotopic (exact) mass is 544 g/mol. The molecule has 0 aliphatic heterocycles. The number of aromatic nitrogens is 1. The lowest BCUT2D eigenvalue weighted by Gasteiger charge is -2.21. The fourth-order valence-electron chi connectivity index (χ4n) is 4.33. The molecule has 1 fully saturated rings. The minimum absolute atomic E-state index is 0.120. The van der Waals surface area contributed by atoms with Crippen LogP contribution >= 0.6 is 11.3 Å². The molecular formula is C28H27F3N2O4S. The summed E-state index contributed by atoms with van der Waals surface area (Å²) in [7, 11) is 0. The van der Waals surface area contributed by atoms with Crippen molar-refractivity contribution in [2.75, 3.05) is 11.9 Å². The number of benzene rings is 2. The lowest BCUT2D eigenvalue weighted by atomic mass is 9.90. The Balaban J connectivity index is 1.43. The number of carboxylic acid groups (broad SMARTS) is 1. The Morgan fingerprint density at radius 2 is 1.87 bits per heavy atom. The highest BCUT2D eigenvalue weighted by molar-refractivity contribution is 7.14. The molecule has 3 aromatic rings. The Morgan fingerprint density at radius 3 is 2.55 bits per heavy atom. The quantitative estimate of drug-likeness (QED) is 0.282. The summed E-state index contributed by atoms with van der Waals surface area (Å²) in [5, 5.41) is 13.1. The molecule has 0 atom stereocenters. The lowest BCUT2D eigenvalue weighted by Crippen LogP contribution is -2.13. The van der Waals surface area contributed by atoms with E-state index in [2.05, 4.69) is 10.3 Å². The number of rotatable bonds is 9. The zero-order valence-corrected chi connectivity index (χ0v) is 21.5. The van der Waals surface area contributed by atoms with E-state index in [0.717, 1.165) is 42.4 Å². The molecule has 0 spiro atoms. The summed E-state index contributed by atoms with van der Waals surface area (Å²) in [6, 6.07) is 6.57. The summed E-state index contributed by atoms with van der Waals surface area (Å²) in [6.07, 6.45) is 6.81. The summed E-state index contributed by atoms with van der Waals surface area (Å²) in [5.41, 5.74) is -0.166. The summed E-state index contributed by atoms with van der Waals surface area (Å²) >= 11 is 1.04. The molecule has 0 unspecified atom stereocenters. The van der Waals surface area contributed by atoms with Gasteiger partial charge in [-0.2, -0.15) is 0 Å². The summed E-state index contributed by atoms with van der Waals surface area (Å²) < 4.78 is 49.8. The minimum atomic E-state index is -1.32. The van der Waals surface area contributed by atoms with E-state index in [-0.39, 0.29) is 28.4 Å². The van der Waals surface area contributed by atoms with Gasteiger partial charge < -0.3 is 9.84 Å². The van der Waals surface area contributed by atoms with Crippen LogP contribution in [-0.2, 0) is 16.1 Å². The van der Waals surface area contributed by atoms with Gasteiger partial charge in [0.05, 0.1) is 12.3 Å². The van der Waals surface area contributed by atoms with Crippen molar-refractivity contribution < 1.29 is 32.6 Å². The number of thiazole rings is 1. The molecule has 1 aliphatic rings. The minimum Gasteiger partial charge on any atom is -0.478 e. The highest BCUT2D eigenvalue weighted by atomic mass is 32.1. The van der Waals surface area contributed by atoms with Crippen molar-refractivity contribution >= 4 is 34.4 Å². The van der Waals surface area contributed by atoms with Gasteiger partial charge in [-0.3, -0.25) is 10.1 Å². The first-order chi connectivity index (χ1) is 18.2. The molecule has 10 heteroatoms. The van der Waals surface area contributed by atoms with Crippen LogP contribution in [0.5, 0.6) is 0 Å². The molecule has 38 heavy (non-hydrogen) atoms. The number of carbonyl (C=O) groups is 2. The maximum absolute atomic E-state index is 15.2. The Labute approximate surface area is 222 Å². The third kappa shape index (κ3) is 6.68. The van der Waals surface area contributed by atoms with Crippen molar-refractivity contribution in [3.63, 3.8) is 0 Å². The van der Waals surface area contributed by atoms with Crippen LogP contribution in [-0.4, -0.2) is 28.6 Å². The molecule has 200 valence electrons. The SMILES string of the molecule is CC(=Cc1c(F)cc(C(=O)Nc2nc(-c3cccc(COCC4CCCCC4)c3F)cs2)cc1F)C(=O)O. The van der Waals surface area contributed by atoms with Crippen LogP contribution in [0.1, 0.15) is 60.5 Å². The van der Waals surface area contributed by atoms with Crippen molar-refractivity contribution in [1.29, 1.82) is 0 Å². The van der Waals surface area contributed by atoms with Gasteiger partial charge in [0.25, 0.3) is 5.91 Å². The van der Waals surface area contributed by atoms with Crippen LogP contribution in [0.4, 0.5) is 18.3 Å². The van der Waals surface area contributed by atoms with E-state index >= 15 is 4.39 Å². The maximum atomic E-state index is 15.2. The number of nitrogens with one attached hydrogen (secondary N) is 1. The van der Waals surface area contributed by atoms with Crippen LogP contribution in [0, 0.1) is 23.4 Å². The molecule has 6 nitrogen and oxygen atoms in total. The number of amides is 1. The number of carbonyl (C=O) groups excluding carboxylic acids is 1. The Hall–Kier alpha value is -3.50. The average molecular weight is 545 g/mol. The maximum Gasteiger partial charge on any atom is 0.331 e. The van der Waals surface area contributed by atoms with Crippen LogP contribution in [0.3, 0.4) is 0 Å². The Morgan fingerprint density at radius 1 is 1.16 bits per heavy atom. The predicted molar refractivity (Wildman–Crippen MR) is 139 cm³/mol. The fourth-order valence-corrected chi connectivity index (χ4v) is 5.04. The molecule has 1 aliphatic carbocycles. The third-order valence-electron chi connectivity index (χ3n) is 6.45. The van der Waals surface area contributed by atoms with Gasteiger partial charge in [0, 0.05) is 39.8 Å².